The Morgan fingerprint density at radius 1 is 1.71 bits per heavy atom. The zero-order chi connectivity index (χ0) is 13.2. The smallest absolute Gasteiger partial charge is 0.358 e. The Hall–Kier alpha value is -1.96. The number of amides is 1. The van der Waals surface area contributed by atoms with Gasteiger partial charge in [-0.1, -0.05) is 0 Å². The van der Waals surface area contributed by atoms with Gasteiger partial charge in [0, 0.05) is 0 Å². The van der Waals surface area contributed by atoms with E-state index in [-0.39, 0.29) is 18.3 Å². The third kappa shape index (κ3) is 2.78. The molecule has 8 nitrogen and oxygen atoms in total. The first-order valence-electron chi connectivity index (χ1n) is 4.97. The summed E-state index contributed by atoms with van der Waals surface area (Å²) in [4.78, 5) is 21.5. The number of nitro groups is 1. The molecule has 8 heteroatoms. The lowest BCUT2D eigenvalue weighted by Crippen LogP contribution is -2.43. The summed E-state index contributed by atoms with van der Waals surface area (Å²) in [6.07, 6.45) is 1.53. The molecule has 0 aliphatic carbocycles. The summed E-state index contributed by atoms with van der Waals surface area (Å²) in [6.45, 7) is 5.17. The molecule has 0 aliphatic heterocycles. The van der Waals surface area contributed by atoms with Crippen LogP contribution in [0.4, 0.5) is 5.82 Å². The highest BCUT2D eigenvalue weighted by Gasteiger charge is 2.30. The van der Waals surface area contributed by atoms with E-state index in [1.807, 2.05) is 0 Å². The minimum atomic E-state index is -0.791. The Balaban J connectivity index is 2.93. The van der Waals surface area contributed by atoms with Crippen LogP contribution in [0, 0.1) is 22.5 Å². The van der Waals surface area contributed by atoms with E-state index in [4.69, 9.17) is 5.84 Å². The van der Waals surface area contributed by atoms with Crippen LogP contribution in [0.2, 0.25) is 0 Å². The molecule has 0 radical (unpaired) electrons. The summed E-state index contributed by atoms with van der Waals surface area (Å²) >= 11 is 0. The first-order valence-corrected chi connectivity index (χ1v) is 4.97. The van der Waals surface area contributed by atoms with Crippen molar-refractivity contribution in [1.29, 1.82) is 0 Å². The molecule has 1 rings (SSSR count). The molecular weight excluding hydrogens is 226 g/mol. The van der Waals surface area contributed by atoms with E-state index in [2.05, 4.69) is 10.5 Å². The van der Waals surface area contributed by atoms with Gasteiger partial charge in [0.25, 0.3) is 0 Å². The fraction of sp³-hybridized carbons (Fsp3) is 0.556. The fourth-order valence-electron chi connectivity index (χ4n) is 1.44. The van der Waals surface area contributed by atoms with Crippen LogP contribution < -0.4 is 11.3 Å². The predicted molar refractivity (Wildman–Crippen MR) is 59.7 cm³/mol. The van der Waals surface area contributed by atoms with E-state index < -0.39 is 10.3 Å². The number of aromatic nitrogens is 2. The van der Waals surface area contributed by atoms with E-state index in [1.54, 1.807) is 20.8 Å². The number of nitrogens with two attached hydrogens (primary N) is 1. The number of hydrazine groups is 1. The lowest BCUT2D eigenvalue weighted by molar-refractivity contribution is -0.390. The molecule has 0 unspecified atom stereocenters. The molecule has 1 heterocycles. The van der Waals surface area contributed by atoms with Crippen molar-refractivity contribution in [2.45, 2.75) is 27.3 Å². The Morgan fingerprint density at radius 3 is 2.71 bits per heavy atom. The summed E-state index contributed by atoms with van der Waals surface area (Å²) in [7, 11) is 0. The third-order valence-corrected chi connectivity index (χ3v) is 2.39. The van der Waals surface area contributed by atoms with Crippen molar-refractivity contribution in [2.24, 2.45) is 11.3 Å². The molecule has 3 N–H and O–H groups in total. The Kier molecular flexibility index (Phi) is 3.47. The molecule has 0 aromatic carbocycles. The molecule has 1 amide bonds. The van der Waals surface area contributed by atoms with Gasteiger partial charge in [0.1, 0.15) is 0 Å². The molecule has 0 atom stereocenters. The second kappa shape index (κ2) is 4.50. The number of carbonyl (C=O) groups excluding carboxylic acids is 1. The maximum atomic E-state index is 11.5. The second-order valence-electron chi connectivity index (χ2n) is 4.45. The highest BCUT2D eigenvalue weighted by atomic mass is 16.6. The van der Waals surface area contributed by atoms with Gasteiger partial charge in [0.05, 0.1) is 28.8 Å². The summed E-state index contributed by atoms with van der Waals surface area (Å²) in [5, 5.41) is 14.4. The maximum Gasteiger partial charge on any atom is 0.392 e. The van der Waals surface area contributed by atoms with Crippen LogP contribution in [0.3, 0.4) is 0 Å². The van der Waals surface area contributed by atoms with E-state index in [0.29, 0.717) is 5.56 Å². The summed E-state index contributed by atoms with van der Waals surface area (Å²) < 4.78 is 1.38. The first-order chi connectivity index (χ1) is 7.77. The zero-order valence-electron chi connectivity index (χ0n) is 9.93. The normalized spacial score (nSPS) is 11.3. The van der Waals surface area contributed by atoms with Gasteiger partial charge in [-0.05, 0) is 25.7 Å². The largest absolute Gasteiger partial charge is 0.392 e. The van der Waals surface area contributed by atoms with Crippen LogP contribution >= 0.6 is 0 Å². The first kappa shape index (κ1) is 13.1. The molecule has 0 aliphatic rings. The van der Waals surface area contributed by atoms with Crippen molar-refractivity contribution < 1.29 is 9.72 Å². The van der Waals surface area contributed by atoms with Gasteiger partial charge in [-0.2, -0.15) is 4.68 Å². The lowest BCUT2D eigenvalue weighted by Gasteiger charge is -2.20. The molecule has 0 saturated heterocycles. The highest BCUT2D eigenvalue weighted by Crippen LogP contribution is 2.20. The summed E-state index contributed by atoms with van der Waals surface area (Å²) in [5.74, 6) is 4.50. The number of rotatable bonds is 4. The SMILES string of the molecule is Cc1cn(CC(C)(C)C(=O)NN)nc1[N+](=O)[O-]. The van der Waals surface area contributed by atoms with E-state index in [9.17, 15) is 14.9 Å². The Morgan fingerprint density at radius 2 is 2.29 bits per heavy atom. The monoisotopic (exact) mass is 241 g/mol. The van der Waals surface area contributed by atoms with Gasteiger partial charge in [-0.3, -0.25) is 10.2 Å². The van der Waals surface area contributed by atoms with E-state index in [1.165, 1.54) is 10.9 Å². The van der Waals surface area contributed by atoms with Crippen LogP contribution in [0.15, 0.2) is 6.20 Å². The molecule has 1 aromatic rings. The zero-order valence-corrected chi connectivity index (χ0v) is 9.93. The van der Waals surface area contributed by atoms with Crippen molar-refractivity contribution in [3.63, 3.8) is 0 Å². The number of aryl methyl sites for hydroxylation is 1. The number of nitrogens with one attached hydrogen (secondary N) is 1. The van der Waals surface area contributed by atoms with Crippen molar-refractivity contribution in [3.05, 3.63) is 21.9 Å². The predicted octanol–water partition coefficient (Wildman–Crippen LogP) is 0.116. The van der Waals surface area contributed by atoms with Crippen LogP contribution in [-0.4, -0.2) is 20.6 Å². The van der Waals surface area contributed by atoms with Gasteiger partial charge >= 0.3 is 5.82 Å². The van der Waals surface area contributed by atoms with Gasteiger partial charge in [-0.25, -0.2) is 5.84 Å². The summed E-state index contributed by atoms with van der Waals surface area (Å²) in [6, 6.07) is 0. The highest BCUT2D eigenvalue weighted by molar-refractivity contribution is 5.81. The van der Waals surface area contributed by atoms with E-state index in [0.717, 1.165) is 0 Å². The topological polar surface area (TPSA) is 116 Å². The maximum absolute atomic E-state index is 11.5. The molecule has 17 heavy (non-hydrogen) atoms. The average Bonchev–Trinajstić information content (AvgIpc) is 2.57. The van der Waals surface area contributed by atoms with Crippen LogP contribution in [0.25, 0.3) is 0 Å². The van der Waals surface area contributed by atoms with Gasteiger partial charge in [0.2, 0.25) is 5.91 Å². The molecule has 0 bridgehead atoms. The van der Waals surface area contributed by atoms with Crippen LogP contribution in [0.5, 0.6) is 0 Å². The van der Waals surface area contributed by atoms with Crippen molar-refractivity contribution in [1.82, 2.24) is 15.2 Å². The molecular formula is C9H15N5O3. The van der Waals surface area contributed by atoms with Gasteiger partial charge < -0.3 is 10.1 Å². The lowest BCUT2D eigenvalue weighted by atomic mass is 9.93. The average molecular weight is 241 g/mol. The molecule has 0 fully saturated rings. The number of nitrogens with zero attached hydrogens (tertiary/aromatic N) is 3. The minimum absolute atomic E-state index is 0.200. The quantitative estimate of drug-likeness (QED) is 0.336. The van der Waals surface area contributed by atoms with Gasteiger partial charge in [0.15, 0.2) is 0 Å². The second-order valence-corrected chi connectivity index (χ2v) is 4.45. The molecule has 94 valence electrons. The number of carbonyl (C=O) groups is 1. The van der Waals surface area contributed by atoms with Gasteiger partial charge in [-0.15, -0.1) is 0 Å². The minimum Gasteiger partial charge on any atom is -0.358 e. The number of hydrogen-bond donors (Lipinski definition) is 2. The van der Waals surface area contributed by atoms with E-state index >= 15 is 0 Å². The van der Waals surface area contributed by atoms with Crippen molar-refractivity contribution in [3.8, 4) is 0 Å². The Labute approximate surface area is 97.9 Å². The van der Waals surface area contributed by atoms with Crippen LogP contribution in [-0.2, 0) is 11.3 Å². The standard InChI is InChI=1S/C9H15N5O3/c1-6-4-13(12-7(6)14(16)17)5-9(2,3)8(15)11-10/h4H,5,10H2,1-3H3,(H,11,15). The van der Waals surface area contributed by atoms with Crippen molar-refractivity contribution in [2.75, 3.05) is 0 Å². The molecule has 0 saturated carbocycles. The summed E-state index contributed by atoms with van der Waals surface area (Å²) in [5.41, 5.74) is 1.72. The fourth-order valence-corrected chi connectivity index (χ4v) is 1.44. The Bertz CT molecular complexity index is 451. The third-order valence-electron chi connectivity index (χ3n) is 2.39. The number of hydrogen-bond acceptors (Lipinski definition) is 5. The molecule has 0 spiro atoms. The molecule has 1 aromatic heterocycles. The van der Waals surface area contributed by atoms with Crippen LogP contribution in [0.1, 0.15) is 19.4 Å². The van der Waals surface area contributed by atoms with Crippen molar-refractivity contribution >= 4 is 11.7 Å².